The second kappa shape index (κ2) is 8.53. The lowest BCUT2D eigenvalue weighted by Crippen LogP contribution is -2.47. The SMILES string of the molecule is CC1CCCN(C(=O)C2CCN(C(=O)c3ccc(-c4cccs4)[nH]c3=O)CC2)C1. The van der Waals surface area contributed by atoms with Crippen LogP contribution >= 0.6 is 11.3 Å². The summed E-state index contributed by atoms with van der Waals surface area (Å²) in [7, 11) is 0. The molecule has 2 saturated heterocycles. The molecule has 0 spiro atoms. The summed E-state index contributed by atoms with van der Waals surface area (Å²) in [4.78, 5) is 45.6. The van der Waals surface area contributed by atoms with Crippen molar-refractivity contribution in [1.29, 1.82) is 0 Å². The minimum atomic E-state index is -0.360. The quantitative estimate of drug-likeness (QED) is 0.840. The van der Waals surface area contributed by atoms with E-state index in [1.165, 1.54) is 6.42 Å². The van der Waals surface area contributed by atoms with Crippen molar-refractivity contribution in [2.75, 3.05) is 26.2 Å². The molecule has 1 N–H and O–H groups in total. The molecule has 4 heterocycles. The number of aromatic amines is 1. The van der Waals surface area contributed by atoms with Crippen molar-refractivity contribution < 1.29 is 9.59 Å². The highest BCUT2D eigenvalue weighted by molar-refractivity contribution is 7.13. The average molecular weight is 414 g/mol. The first-order valence-corrected chi connectivity index (χ1v) is 11.3. The maximum atomic E-state index is 12.9. The zero-order valence-electron chi connectivity index (χ0n) is 16.7. The normalized spacial score (nSPS) is 20.7. The lowest BCUT2D eigenvalue weighted by molar-refractivity contribution is -0.138. The van der Waals surface area contributed by atoms with E-state index in [-0.39, 0.29) is 28.9 Å². The molecule has 2 amide bonds. The number of hydrogen-bond donors (Lipinski definition) is 1. The summed E-state index contributed by atoms with van der Waals surface area (Å²) in [6.45, 7) is 4.94. The van der Waals surface area contributed by atoms with Crippen LogP contribution in [0.15, 0.2) is 34.4 Å². The highest BCUT2D eigenvalue weighted by Gasteiger charge is 2.32. The van der Waals surface area contributed by atoms with Gasteiger partial charge in [0, 0.05) is 32.1 Å². The number of hydrogen-bond acceptors (Lipinski definition) is 4. The van der Waals surface area contributed by atoms with Crippen molar-refractivity contribution in [3.63, 3.8) is 0 Å². The molecule has 0 aromatic carbocycles. The maximum absolute atomic E-state index is 12.9. The number of carbonyl (C=O) groups excluding carboxylic acids is 2. The Hall–Kier alpha value is -2.41. The topological polar surface area (TPSA) is 73.5 Å². The highest BCUT2D eigenvalue weighted by Crippen LogP contribution is 2.25. The standard InChI is InChI=1S/C22H27N3O3S/c1-15-4-2-10-25(14-15)21(27)16-8-11-24(12-9-16)22(28)17-6-7-18(23-20(17)26)19-5-3-13-29-19/h3,5-7,13,15-16H,2,4,8-12,14H2,1H3,(H,23,26). The van der Waals surface area contributed by atoms with E-state index in [2.05, 4.69) is 11.9 Å². The van der Waals surface area contributed by atoms with E-state index in [4.69, 9.17) is 0 Å². The van der Waals surface area contributed by atoms with Gasteiger partial charge in [-0.1, -0.05) is 13.0 Å². The molecule has 0 saturated carbocycles. The summed E-state index contributed by atoms with van der Waals surface area (Å²) in [5.41, 5.74) is 0.531. The first kappa shape index (κ1) is 19.9. The van der Waals surface area contributed by atoms with E-state index in [9.17, 15) is 14.4 Å². The minimum absolute atomic E-state index is 0.0103. The van der Waals surface area contributed by atoms with Gasteiger partial charge in [-0.25, -0.2) is 0 Å². The van der Waals surface area contributed by atoms with E-state index in [1.54, 1.807) is 28.4 Å². The van der Waals surface area contributed by atoms with Crippen molar-refractivity contribution in [1.82, 2.24) is 14.8 Å². The molecular formula is C22H27N3O3S. The maximum Gasteiger partial charge on any atom is 0.261 e. The Morgan fingerprint density at radius 2 is 1.86 bits per heavy atom. The number of H-pyrrole nitrogens is 1. The van der Waals surface area contributed by atoms with E-state index >= 15 is 0 Å². The van der Waals surface area contributed by atoms with Crippen molar-refractivity contribution in [2.24, 2.45) is 11.8 Å². The predicted molar refractivity (Wildman–Crippen MR) is 114 cm³/mol. The van der Waals surface area contributed by atoms with E-state index in [1.807, 2.05) is 22.4 Å². The van der Waals surface area contributed by atoms with Gasteiger partial charge in [-0.3, -0.25) is 14.4 Å². The molecule has 0 bridgehead atoms. The smallest absolute Gasteiger partial charge is 0.261 e. The van der Waals surface area contributed by atoms with Crippen molar-refractivity contribution >= 4 is 23.2 Å². The van der Waals surface area contributed by atoms with Gasteiger partial charge in [-0.15, -0.1) is 11.3 Å². The number of nitrogens with zero attached hydrogens (tertiary/aromatic N) is 2. The van der Waals surface area contributed by atoms with Crippen LogP contribution in [0, 0.1) is 11.8 Å². The number of piperidine rings is 2. The predicted octanol–water partition coefficient (Wildman–Crippen LogP) is 3.21. The molecule has 7 heteroatoms. The van der Waals surface area contributed by atoms with Crippen LogP contribution in [0.5, 0.6) is 0 Å². The van der Waals surface area contributed by atoms with Crippen LogP contribution in [0.4, 0.5) is 0 Å². The van der Waals surface area contributed by atoms with Crippen LogP contribution in [0.25, 0.3) is 10.6 Å². The van der Waals surface area contributed by atoms with Crippen molar-refractivity contribution in [2.45, 2.75) is 32.6 Å². The van der Waals surface area contributed by atoms with Crippen LogP contribution in [-0.4, -0.2) is 52.8 Å². The van der Waals surface area contributed by atoms with Crippen LogP contribution < -0.4 is 5.56 Å². The zero-order valence-corrected chi connectivity index (χ0v) is 17.5. The van der Waals surface area contributed by atoms with E-state index < -0.39 is 0 Å². The molecule has 0 radical (unpaired) electrons. The molecule has 2 fully saturated rings. The molecule has 6 nitrogen and oxygen atoms in total. The monoisotopic (exact) mass is 413 g/mol. The molecule has 4 rings (SSSR count). The fourth-order valence-electron chi connectivity index (χ4n) is 4.37. The molecule has 154 valence electrons. The van der Waals surface area contributed by atoms with E-state index in [0.717, 1.165) is 30.1 Å². The number of amides is 2. The second-order valence-corrected chi connectivity index (χ2v) is 9.14. The highest BCUT2D eigenvalue weighted by atomic mass is 32.1. The van der Waals surface area contributed by atoms with E-state index in [0.29, 0.717) is 31.8 Å². The zero-order chi connectivity index (χ0) is 20.4. The van der Waals surface area contributed by atoms with Crippen molar-refractivity contribution in [3.8, 4) is 10.6 Å². The van der Waals surface area contributed by atoms with Gasteiger partial charge in [-0.2, -0.15) is 0 Å². The molecule has 29 heavy (non-hydrogen) atoms. The molecular weight excluding hydrogens is 386 g/mol. The Kier molecular flexibility index (Phi) is 5.85. The lowest BCUT2D eigenvalue weighted by Gasteiger charge is -2.37. The Morgan fingerprint density at radius 1 is 1.07 bits per heavy atom. The summed E-state index contributed by atoms with van der Waals surface area (Å²) in [6.07, 6.45) is 3.60. The molecule has 2 aliphatic heterocycles. The number of pyridine rings is 1. The van der Waals surface area contributed by atoms with Crippen LogP contribution in [0.1, 0.15) is 43.0 Å². The lowest BCUT2D eigenvalue weighted by atomic mass is 9.92. The summed E-state index contributed by atoms with van der Waals surface area (Å²) < 4.78 is 0. The van der Waals surface area contributed by atoms with Crippen molar-refractivity contribution in [3.05, 3.63) is 45.6 Å². The first-order chi connectivity index (χ1) is 14.0. The Morgan fingerprint density at radius 3 is 2.52 bits per heavy atom. The van der Waals surface area contributed by atoms with Crippen LogP contribution in [0.2, 0.25) is 0 Å². The number of nitrogens with one attached hydrogen (secondary N) is 1. The largest absolute Gasteiger partial charge is 0.342 e. The number of likely N-dealkylation sites (tertiary alicyclic amines) is 2. The Labute approximate surface area is 174 Å². The molecule has 2 aromatic rings. The molecule has 1 unspecified atom stereocenters. The molecule has 2 aromatic heterocycles. The van der Waals surface area contributed by atoms with Crippen LogP contribution in [0.3, 0.4) is 0 Å². The third kappa shape index (κ3) is 4.29. The summed E-state index contributed by atoms with van der Waals surface area (Å²) in [5, 5.41) is 1.95. The number of thiophene rings is 1. The third-order valence-electron chi connectivity index (χ3n) is 6.03. The number of carbonyl (C=O) groups is 2. The van der Waals surface area contributed by atoms with Gasteiger partial charge in [0.05, 0.1) is 10.6 Å². The van der Waals surface area contributed by atoms with Gasteiger partial charge >= 0.3 is 0 Å². The van der Waals surface area contributed by atoms with Crippen LogP contribution in [-0.2, 0) is 4.79 Å². The number of aromatic nitrogens is 1. The Balaban J connectivity index is 1.38. The molecule has 0 aliphatic carbocycles. The van der Waals surface area contributed by atoms with Gasteiger partial charge in [0.1, 0.15) is 5.56 Å². The fourth-order valence-corrected chi connectivity index (χ4v) is 5.07. The van der Waals surface area contributed by atoms with Gasteiger partial charge in [0.2, 0.25) is 5.91 Å². The summed E-state index contributed by atoms with van der Waals surface area (Å²) in [6, 6.07) is 7.26. The van der Waals surface area contributed by atoms with Gasteiger partial charge in [0.15, 0.2) is 0 Å². The first-order valence-electron chi connectivity index (χ1n) is 10.4. The molecule has 1 atom stereocenters. The van der Waals surface area contributed by atoms with Gasteiger partial charge in [-0.05, 0) is 55.2 Å². The number of rotatable bonds is 3. The average Bonchev–Trinajstić information content (AvgIpc) is 3.28. The Bertz CT molecular complexity index is 929. The minimum Gasteiger partial charge on any atom is -0.342 e. The third-order valence-corrected chi connectivity index (χ3v) is 6.93. The van der Waals surface area contributed by atoms with Gasteiger partial charge in [0.25, 0.3) is 11.5 Å². The summed E-state index contributed by atoms with van der Waals surface area (Å²) >= 11 is 1.54. The fraction of sp³-hybridized carbons (Fsp3) is 0.500. The molecule has 2 aliphatic rings. The summed E-state index contributed by atoms with van der Waals surface area (Å²) in [5.74, 6) is 0.547. The van der Waals surface area contributed by atoms with Gasteiger partial charge < -0.3 is 14.8 Å². The second-order valence-electron chi connectivity index (χ2n) is 8.19.